The van der Waals surface area contributed by atoms with Gasteiger partial charge in [-0.25, -0.2) is 18.9 Å². The van der Waals surface area contributed by atoms with Crippen LogP contribution in [-0.4, -0.2) is 19.9 Å². The normalized spacial score (nSPS) is 12.5. The van der Waals surface area contributed by atoms with Gasteiger partial charge >= 0.3 is 0 Å². The van der Waals surface area contributed by atoms with E-state index in [0.717, 1.165) is 27.1 Å². The average molecular weight is 463 g/mol. The van der Waals surface area contributed by atoms with Crippen LogP contribution in [0.2, 0.25) is 0 Å². The molecule has 1 atom stereocenters. The van der Waals surface area contributed by atoms with Gasteiger partial charge in [-0.1, -0.05) is 54.6 Å². The first-order valence-electron chi connectivity index (χ1n) is 10.3. The largest absolute Gasteiger partial charge is 0.265 e. The third-order valence-corrected chi connectivity index (χ3v) is 8.24. The lowest BCUT2D eigenvalue weighted by molar-refractivity contribution is 0.584. The quantitative estimate of drug-likeness (QED) is 0.384. The van der Waals surface area contributed by atoms with Crippen LogP contribution in [0.15, 0.2) is 95.5 Å². The summed E-state index contributed by atoms with van der Waals surface area (Å²) < 4.78 is 28.3. The lowest BCUT2D eigenvalue weighted by atomic mass is 10.0. The Labute approximate surface area is 193 Å². The minimum atomic E-state index is -3.56. The van der Waals surface area contributed by atoms with Crippen LogP contribution in [0, 0.1) is 0 Å². The van der Waals surface area contributed by atoms with E-state index in [2.05, 4.69) is 34.0 Å². The molecule has 0 saturated carbocycles. The minimum absolute atomic E-state index is 0.286. The number of rotatable bonds is 9. The highest BCUT2D eigenvalue weighted by atomic mass is 32.2. The maximum atomic E-state index is 12.7. The van der Waals surface area contributed by atoms with Crippen molar-refractivity contribution in [3.05, 3.63) is 107 Å². The third kappa shape index (κ3) is 5.69. The van der Waals surface area contributed by atoms with E-state index < -0.39 is 16.1 Å². The monoisotopic (exact) mass is 462 g/mol. The summed E-state index contributed by atoms with van der Waals surface area (Å²) in [7, 11) is -3.56. The van der Waals surface area contributed by atoms with E-state index in [1.54, 1.807) is 24.5 Å². The fraction of sp³-hybridized carbons (Fsp3) is 0.160. The summed E-state index contributed by atoms with van der Waals surface area (Å²) in [5.74, 6) is 0. The molecule has 2 aromatic carbocycles. The number of pyridine rings is 1. The second-order valence-corrected chi connectivity index (χ2v) is 10.6. The van der Waals surface area contributed by atoms with Crippen molar-refractivity contribution in [1.82, 2.24) is 15.4 Å². The maximum absolute atomic E-state index is 12.7. The third-order valence-electron chi connectivity index (χ3n) is 5.18. The summed E-state index contributed by atoms with van der Waals surface area (Å²) in [5.41, 5.74) is 12.6. The second-order valence-electron chi connectivity index (χ2n) is 7.47. The molecular weight excluding hydrogens is 438 g/mol. The van der Waals surface area contributed by atoms with Gasteiger partial charge in [0.05, 0.1) is 6.04 Å². The molecule has 163 valence electrons. The Morgan fingerprint density at radius 1 is 0.875 bits per heavy atom. The molecule has 0 fully saturated rings. The Kier molecular flexibility index (Phi) is 7.12. The summed E-state index contributed by atoms with van der Waals surface area (Å²) in [4.78, 5) is 4.85. The van der Waals surface area contributed by atoms with Gasteiger partial charge in [0.1, 0.15) is 4.21 Å². The molecule has 0 amide bonds. The Morgan fingerprint density at radius 3 is 2.28 bits per heavy atom. The fourth-order valence-electron chi connectivity index (χ4n) is 3.42. The highest BCUT2D eigenvalue weighted by Gasteiger charge is 2.18. The van der Waals surface area contributed by atoms with Gasteiger partial charge in [-0.3, -0.25) is 4.98 Å². The topological polar surface area (TPSA) is 82.9 Å². The molecule has 32 heavy (non-hydrogen) atoms. The van der Waals surface area contributed by atoms with E-state index >= 15 is 0 Å². The van der Waals surface area contributed by atoms with Gasteiger partial charge in [0, 0.05) is 30.2 Å². The van der Waals surface area contributed by atoms with Crippen molar-refractivity contribution in [2.24, 2.45) is 0 Å². The van der Waals surface area contributed by atoms with Crippen molar-refractivity contribution in [3.8, 4) is 11.1 Å². The van der Waals surface area contributed by atoms with Gasteiger partial charge in [0.25, 0.3) is 0 Å². The summed E-state index contributed by atoms with van der Waals surface area (Å²) in [5, 5.41) is 0. The highest BCUT2D eigenvalue weighted by Crippen LogP contribution is 2.26. The van der Waals surface area contributed by atoms with E-state index in [0.29, 0.717) is 19.4 Å². The van der Waals surface area contributed by atoms with Crippen molar-refractivity contribution in [2.45, 2.75) is 23.1 Å². The van der Waals surface area contributed by atoms with Crippen molar-refractivity contribution >= 4 is 21.4 Å². The number of nitrogens with zero attached hydrogens (tertiary/aromatic N) is 1. The summed E-state index contributed by atoms with van der Waals surface area (Å²) >= 11 is 1.22. The van der Waals surface area contributed by atoms with Gasteiger partial charge in [-0.15, -0.1) is 11.3 Å². The summed E-state index contributed by atoms with van der Waals surface area (Å²) in [6.45, 7) is 0.332. The first-order chi connectivity index (χ1) is 15.5. The molecule has 4 aromatic rings. The Morgan fingerprint density at radius 2 is 1.56 bits per heavy atom. The zero-order chi connectivity index (χ0) is 22.4. The van der Waals surface area contributed by atoms with Crippen molar-refractivity contribution in [3.63, 3.8) is 0 Å². The standard InChI is InChI=1S/C25H24N3O2S2/c26-24(22-13-15-27-16-14-22)18-23-10-11-25(31-23)32(29,30)28-17-12-19-6-8-21(9-7-19)20-4-2-1-3-5-20/h1-11,13-16,24,26,28H,12,17-18H2. The van der Waals surface area contributed by atoms with Crippen LogP contribution in [0.1, 0.15) is 22.0 Å². The Bertz CT molecular complexity index is 1240. The molecule has 0 spiro atoms. The van der Waals surface area contributed by atoms with E-state index in [-0.39, 0.29) is 4.21 Å². The summed E-state index contributed by atoms with van der Waals surface area (Å²) in [6.07, 6.45) is 4.42. The number of hydrogen-bond acceptors (Lipinski definition) is 4. The molecule has 0 saturated heterocycles. The zero-order valence-electron chi connectivity index (χ0n) is 17.4. The molecule has 4 rings (SSSR count). The summed E-state index contributed by atoms with van der Waals surface area (Å²) in [6, 6.07) is 24.9. The number of thiophene rings is 1. The molecule has 1 radical (unpaired) electrons. The van der Waals surface area contributed by atoms with Crippen LogP contribution >= 0.6 is 11.3 Å². The molecule has 0 aliphatic rings. The number of aromatic nitrogens is 1. The molecule has 2 aromatic heterocycles. The molecule has 2 heterocycles. The van der Waals surface area contributed by atoms with E-state index in [1.165, 1.54) is 11.3 Å². The van der Waals surface area contributed by atoms with Crippen LogP contribution in [0.5, 0.6) is 0 Å². The van der Waals surface area contributed by atoms with Gasteiger partial charge in [-0.05, 0) is 52.9 Å². The molecule has 0 aliphatic carbocycles. The Balaban J connectivity index is 1.32. The molecule has 0 bridgehead atoms. The highest BCUT2D eigenvalue weighted by molar-refractivity contribution is 7.91. The van der Waals surface area contributed by atoms with Crippen molar-refractivity contribution in [2.75, 3.05) is 6.54 Å². The van der Waals surface area contributed by atoms with E-state index in [1.807, 2.05) is 42.5 Å². The SMILES string of the molecule is [NH]C(Cc1ccc(S(=O)(=O)NCCc2ccc(-c3ccccc3)cc2)s1)c1ccncc1. The van der Waals surface area contributed by atoms with Gasteiger partial charge in [0.15, 0.2) is 0 Å². The number of sulfonamides is 1. The number of benzene rings is 2. The minimum Gasteiger partial charge on any atom is -0.265 e. The number of hydrogen-bond donors (Lipinski definition) is 1. The molecular formula is C25H24N3O2S2. The molecule has 2 N–H and O–H groups in total. The predicted octanol–water partition coefficient (Wildman–Crippen LogP) is 4.90. The van der Waals surface area contributed by atoms with Crippen LogP contribution in [0.25, 0.3) is 11.1 Å². The average Bonchev–Trinajstić information content (AvgIpc) is 3.30. The zero-order valence-corrected chi connectivity index (χ0v) is 19.1. The predicted molar refractivity (Wildman–Crippen MR) is 129 cm³/mol. The van der Waals surface area contributed by atoms with Crippen LogP contribution in [0.3, 0.4) is 0 Å². The molecule has 1 unspecified atom stereocenters. The first kappa shape index (κ1) is 22.4. The van der Waals surface area contributed by atoms with Crippen LogP contribution < -0.4 is 10.5 Å². The van der Waals surface area contributed by atoms with E-state index in [4.69, 9.17) is 5.73 Å². The van der Waals surface area contributed by atoms with E-state index in [9.17, 15) is 8.42 Å². The smallest absolute Gasteiger partial charge is 0.250 e. The van der Waals surface area contributed by atoms with Crippen molar-refractivity contribution < 1.29 is 8.42 Å². The van der Waals surface area contributed by atoms with Crippen LogP contribution in [0.4, 0.5) is 0 Å². The second kappa shape index (κ2) is 10.2. The van der Waals surface area contributed by atoms with Crippen molar-refractivity contribution in [1.29, 1.82) is 0 Å². The van der Waals surface area contributed by atoms with Crippen LogP contribution in [-0.2, 0) is 22.9 Å². The molecule has 0 aliphatic heterocycles. The fourth-order valence-corrected chi connectivity index (χ4v) is 5.90. The lowest BCUT2D eigenvalue weighted by Crippen LogP contribution is -2.25. The van der Waals surface area contributed by atoms with Gasteiger partial charge < -0.3 is 0 Å². The Hall–Kier alpha value is -2.84. The maximum Gasteiger partial charge on any atom is 0.250 e. The molecule has 5 nitrogen and oxygen atoms in total. The first-order valence-corrected chi connectivity index (χ1v) is 12.6. The van der Waals surface area contributed by atoms with Gasteiger partial charge in [0.2, 0.25) is 10.0 Å². The molecule has 7 heteroatoms. The lowest BCUT2D eigenvalue weighted by Gasteiger charge is -2.09. The number of nitrogens with one attached hydrogen (secondary N) is 2. The van der Waals surface area contributed by atoms with Gasteiger partial charge in [-0.2, -0.15) is 0 Å².